The van der Waals surface area contributed by atoms with E-state index in [1.165, 1.54) is 4.90 Å². The van der Waals surface area contributed by atoms with Gasteiger partial charge in [-0.2, -0.15) is 0 Å². The molecule has 2 rings (SSSR count). The molecule has 0 aromatic rings. The lowest BCUT2D eigenvalue weighted by atomic mass is 9.91. The molecule has 2 amide bonds. The molecule has 1 heterocycles. The number of rotatable bonds is 2. The van der Waals surface area contributed by atoms with Gasteiger partial charge in [0.1, 0.15) is 6.04 Å². The Bertz CT molecular complexity index is 388. The van der Waals surface area contributed by atoms with Crippen LogP contribution < -0.4 is 5.32 Å². The Morgan fingerprint density at radius 2 is 1.81 bits per heavy atom. The minimum atomic E-state index is -0.946. The van der Waals surface area contributed by atoms with Crippen molar-refractivity contribution >= 4 is 12.0 Å². The summed E-state index contributed by atoms with van der Waals surface area (Å²) in [6, 6.07) is -1.37. The van der Waals surface area contributed by atoms with Crippen molar-refractivity contribution < 1.29 is 19.8 Å². The van der Waals surface area contributed by atoms with Crippen LogP contribution in [0.5, 0.6) is 0 Å². The first-order valence-electron chi connectivity index (χ1n) is 7.98. The molecule has 2 aliphatic rings. The monoisotopic (exact) mass is 298 g/mol. The van der Waals surface area contributed by atoms with Crippen molar-refractivity contribution in [3.63, 3.8) is 0 Å². The third-order valence-corrected chi connectivity index (χ3v) is 4.74. The van der Waals surface area contributed by atoms with E-state index in [0.717, 1.165) is 38.5 Å². The van der Waals surface area contributed by atoms with Crippen molar-refractivity contribution in [3.05, 3.63) is 0 Å². The molecule has 0 aromatic carbocycles. The maximum Gasteiger partial charge on any atom is 0.326 e. The molecule has 21 heavy (non-hydrogen) atoms. The molecular weight excluding hydrogens is 272 g/mol. The smallest absolute Gasteiger partial charge is 0.326 e. The first kappa shape index (κ1) is 16.1. The molecule has 4 atom stereocenters. The van der Waals surface area contributed by atoms with E-state index in [1.807, 2.05) is 6.92 Å². The van der Waals surface area contributed by atoms with Crippen molar-refractivity contribution in [1.82, 2.24) is 10.2 Å². The van der Waals surface area contributed by atoms with E-state index < -0.39 is 18.1 Å². The SMILES string of the molecule is CC1CCCN(C(=O)NC2CCCCCC2O)C1C(=O)O. The number of carbonyl (C=O) groups is 2. The number of piperidine rings is 1. The van der Waals surface area contributed by atoms with Gasteiger partial charge >= 0.3 is 12.0 Å². The summed E-state index contributed by atoms with van der Waals surface area (Å²) in [6.45, 7) is 2.34. The second kappa shape index (κ2) is 7.11. The number of likely N-dealkylation sites (tertiary alicyclic amines) is 1. The van der Waals surface area contributed by atoms with Gasteiger partial charge in [0.2, 0.25) is 0 Å². The number of aliphatic hydroxyl groups is 1. The second-order valence-electron chi connectivity index (χ2n) is 6.36. The zero-order chi connectivity index (χ0) is 15.4. The van der Waals surface area contributed by atoms with Crippen LogP contribution in [0.3, 0.4) is 0 Å². The number of hydrogen-bond acceptors (Lipinski definition) is 3. The normalized spacial score (nSPS) is 34.1. The lowest BCUT2D eigenvalue weighted by molar-refractivity contribution is -0.145. The highest BCUT2D eigenvalue weighted by Crippen LogP contribution is 2.24. The van der Waals surface area contributed by atoms with Crippen LogP contribution >= 0.6 is 0 Å². The van der Waals surface area contributed by atoms with Crippen LogP contribution in [0.2, 0.25) is 0 Å². The van der Waals surface area contributed by atoms with Crippen molar-refractivity contribution in [3.8, 4) is 0 Å². The largest absolute Gasteiger partial charge is 0.480 e. The van der Waals surface area contributed by atoms with Gasteiger partial charge < -0.3 is 20.4 Å². The molecule has 1 aliphatic carbocycles. The van der Waals surface area contributed by atoms with E-state index in [1.54, 1.807) is 0 Å². The minimum Gasteiger partial charge on any atom is -0.480 e. The fourth-order valence-corrected chi connectivity index (χ4v) is 3.49. The fraction of sp³-hybridized carbons (Fsp3) is 0.867. The van der Waals surface area contributed by atoms with Crippen LogP contribution in [0.4, 0.5) is 4.79 Å². The van der Waals surface area contributed by atoms with Crippen LogP contribution in [0.25, 0.3) is 0 Å². The van der Waals surface area contributed by atoms with Crippen LogP contribution in [0, 0.1) is 5.92 Å². The van der Waals surface area contributed by atoms with E-state index >= 15 is 0 Å². The Balaban J connectivity index is 2.01. The van der Waals surface area contributed by atoms with Gasteiger partial charge in [0, 0.05) is 6.54 Å². The molecule has 120 valence electrons. The molecule has 0 aromatic heterocycles. The minimum absolute atomic E-state index is 0.0407. The number of aliphatic hydroxyl groups excluding tert-OH is 1. The van der Waals surface area contributed by atoms with Gasteiger partial charge in [0.25, 0.3) is 0 Å². The van der Waals surface area contributed by atoms with Crippen molar-refractivity contribution in [2.24, 2.45) is 5.92 Å². The fourth-order valence-electron chi connectivity index (χ4n) is 3.49. The molecule has 0 radical (unpaired) electrons. The molecule has 1 aliphatic heterocycles. The van der Waals surface area contributed by atoms with Crippen molar-refractivity contribution in [2.45, 2.75) is 70.1 Å². The number of carbonyl (C=O) groups excluding carboxylic acids is 1. The van der Waals surface area contributed by atoms with Gasteiger partial charge in [-0.3, -0.25) is 0 Å². The first-order chi connectivity index (χ1) is 10.0. The van der Waals surface area contributed by atoms with E-state index in [9.17, 15) is 19.8 Å². The molecule has 3 N–H and O–H groups in total. The number of aliphatic carboxylic acids is 1. The van der Waals surface area contributed by atoms with Gasteiger partial charge in [-0.25, -0.2) is 9.59 Å². The standard InChI is InChI=1S/C15H26N2O4/c1-10-6-5-9-17(13(10)14(19)20)15(21)16-11-7-3-2-4-8-12(11)18/h10-13,18H,2-9H2,1H3,(H,16,21)(H,19,20). The van der Waals surface area contributed by atoms with Crippen molar-refractivity contribution in [1.29, 1.82) is 0 Å². The molecule has 4 unspecified atom stereocenters. The summed E-state index contributed by atoms with van der Waals surface area (Å²) in [5, 5.41) is 22.3. The zero-order valence-electron chi connectivity index (χ0n) is 12.6. The Hall–Kier alpha value is -1.30. The average Bonchev–Trinajstić information content (AvgIpc) is 2.63. The summed E-state index contributed by atoms with van der Waals surface area (Å²) in [5.41, 5.74) is 0. The number of amides is 2. The van der Waals surface area contributed by atoms with Gasteiger partial charge in [-0.15, -0.1) is 0 Å². The summed E-state index contributed by atoms with van der Waals surface area (Å²) in [4.78, 5) is 25.3. The molecule has 0 spiro atoms. The number of hydrogen-bond donors (Lipinski definition) is 3. The summed E-state index contributed by atoms with van der Waals surface area (Å²) < 4.78 is 0. The molecule has 1 saturated heterocycles. The van der Waals surface area contributed by atoms with E-state index in [4.69, 9.17) is 0 Å². The summed E-state index contributed by atoms with van der Waals surface area (Å²) >= 11 is 0. The highest BCUT2D eigenvalue weighted by molar-refractivity contribution is 5.83. The highest BCUT2D eigenvalue weighted by atomic mass is 16.4. The molecular formula is C15H26N2O4. The Morgan fingerprint density at radius 3 is 2.52 bits per heavy atom. The predicted molar refractivity (Wildman–Crippen MR) is 77.9 cm³/mol. The zero-order valence-corrected chi connectivity index (χ0v) is 12.6. The van der Waals surface area contributed by atoms with E-state index in [0.29, 0.717) is 13.0 Å². The van der Waals surface area contributed by atoms with E-state index in [2.05, 4.69) is 5.32 Å². The molecule has 1 saturated carbocycles. The number of urea groups is 1. The van der Waals surface area contributed by atoms with Gasteiger partial charge in [0.05, 0.1) is 12.1 Å². The topological polar surface area (TPSA) is 89.9 Å². The molecule has 6 nitrogen and oxygen atoms in total. The third kappa shape index (κ3) is 3.87. The Morgan fingerprint density at radius 1 is 1.10 bits per heavy atom. The summed E-state index contributed by atoms with van der Waals surface area (Å²) in [6.07, 6.45) is 5.62. The summed E-state index contributed by atoms with van der Waals surface area (Å²) in [7, 11) is 0. The first-order valence-corrected chi connectivity index (χ1v) is 7.98. The third-order valence-electron chi connectivity index (χ3n) is 4.74. The van der Waals surface area contributed by atoms with Crippen LogP contribution in [0.15, 0.2) is 0 Å². The molecule has 6 heteroatoms. The van der Waals surface area contributed by atoms with Gasteiger partial charge in [0.15, 0.2) is 0 Å². The quantitative estimate of drug-likeness (QED) is 0.675. The molecule has 0 bridgehead atoms. The van der Waals surface area contributed by atoms with E-state index in [-0.39, 0.29) is 18.0 Å². The number of carboxylic acid groups (broad SMARTS) is 1. The lowest BCUT2D eigenvalue weighted by Crippen LogP contribution is -2.57. The Labute approximate surface area is 125 Å². The maximum atomic E-state index is 12.4. The van der Waals surface area contributed by atoms with Crippen molar-refractivity contribution in [2.75, 3.05) is 6.54 Å². The number of carboxylic acids is 1. The Kier molecular flexibility index (Phi) is 5.45. The second-order valence-corrected chi connectivity index (χ2v) is 6.36. The average molecular weight is 298 g/mol. The lowest BCUT2D eigenvalue weighted by Gasteiger charge is -2.38. The number of nitrogens with one attached hydrogen (secondary N) is 1. The number of nitrogens with zero attached hydrogens (tertiary/aromatic N) is 1. The van der Waals surface area contributed by atoms with Gasteiger partial charge in [-0.1, -0.05) is 26.2 Å². The highest BCUT2D eigenvalue weighted by Gasteiger charge is 2.38. The predicted octanol–water partition coefficient (Wildman–Crippen LogP) is 1.57. The maximum absolute atomic E-state index is 12.4. The molecule has 2 fully saturated rings. The van der Waals surface area contributed by atoms with Crippen LogP contribution in [-0.2, 0) is 4.79 Å². The van der Waals surface area contributed by atoms with Crippen LogP contribution in [-0.4, -0.2) is 51.8 Å². The van der Waals surface area contributed by atoms with Gasteiger partial charge in [-0.05, 0) is 31.6 Å². The van der Waals surface area contributed by atoms with Crippen LogP contribution in [0.1, 0.15) is 51.9 Å². The summed E-state index contributed by atoms with van der Waals surface area (Å²) in [5.74, 6) is -0.986.